The number of aryl methyl sites for hydroxylation is 1. The Bertz CT molecular complexity index is 700. The van der Waals surface area contributed by atoms with Crippen LogP contribution in [0, 0.1) is 0 Å². The molecule has 0 atom stereocenters. The van der Waals surface area contributed by atoms with E-state index in [0.29, 0.717) is 11.7 Å². The van der Waals surface area contributed by atoms with E-state index in [1.165, 1.54) is 6.42 Å². The highest BCUT2D eigenvalue weighted by molar-refractivity contribution is 5.92. The molecule has 0 aliphatic heterocycles. The second-order valence-corrected chi connectivity index (χ2v) is 6.25. The summed E-state index contributed by atoms with van der Waals surface area (Å²) in [5, 5.41) is 7.13. The van der Waals surface area contributed by atoms with Gasteiger partial charge in [0.1, 0.15) is 5.54 Å². The first-order chi connectivity index (χ1) is 11.7. The van der Waals surface area contributed by atoms with Crippen LogP contribution in [-0.2, 0) is 16.8 Å². The van der Waals surface area contributed by atoms with Gasteiger partial charge in [-0.1, -0.05) is 61.7 Å². The molecule has 1 aliphatic rings. The summed E-state index contributed by atoms with van der Waals surface area (Å²) in [5.41, 5.74) is 0.466. The maximum Gasteiger partial charge on any atom is 0.252 e. The lowest BCUT2D eigenvalue weighted by atomic mass is 9.81. The molecule has 1 aromatic heterocycles. The van der Waals surface area contributed by atoms with Gasteiger partial charge >= 0.3 is 0 Å². The van der Waals surface area contributed by atoms with Crippen molar-refractivity contribution in [1.82, 2.24) is 15.5 Å². The summed E-state index contributed by atoms with van der Waals surface area (Å²) in [6.07, 6.45) is 9.05. The zero-order valence-electron chi connectivity index (χ0n) is 14.0. The zero-order chi connectivity index (χ0) is 16.8. The standard InChI is InChI=1S/C19H23N3O2/c1-2-16-20-18(24-22-16)19(13-7-4-8-14-19)21-17(23)12-11-15-9-5-3-6-10-15/h3,5-6,9-12H,2,4,7-8,13-14H2,1H3,(H,21,23)/b12-11+. The minimum absolute atomic E-state index is 0.128. The summed E-state index contributed by atoms with van der Waals surface area (Å²) in [4.78, 5) is 16.9. The summed E-state index contributed by atoms with van der Waals surface area (Å²) in [6.45, 7) is 1.99. The van der Waals surface area contributed by atoms with E-state index < -0.39 is 5.54 Å². The van der Waals surface area contributed by atoms with Gasteiger partial charge in [-0.15, -0.1) is 0 Å². The molecule has 1 aliphatic carbocycles. The molecule has 0 bridgehead atoms. The van der Waals surface area contributed by atoms with Crippen molar-refractivity contribution in [3.63, 3.8) is 0 Å². The molecule has 1 heterocycles. The first-order valence-electron chi connectivity index (χ1n) is 8.60. The lowest BCUT2D eigenvalue weighted by Crippen LogP contribution is -2.47. The summed E-state index contributed by atoms with van der Waals surface area (Å²) in [7, 11) is 0. The molecule has 1 aromatic carbocycles. The molecule has 1 amide bonds. The minimum Gasteiger partial charge on any atom is -0.338 e. The van der Waals surface area contributed by atoms with Crippen molar-refractivity contribution < 1.29 is 9.32 Å². The molecule has 0 radical (unpaired) electrons. The van der Waals surface area contributed by atoms with Crippen molar-refractivity contribution in [2.75, 3.05) is 0 Å². The molecule has 0 spiro atoms. The Morgan fingerprint density at radius 2 is 2.00 bits per heavy atom. The molecule has 0 saturated heterocycles. The van der Waals surface area contributed by atoms with Crippen LogP contribution in [0.3, 0.4) is 0 Å². The van der Waals surface area contributed by atoms with Gasteiger partial charge in [-0.05, 0) is 24.5 Å². The third-order valence-corrected chi connectivity index (χ3v) is 4.49. The van der Waals surface area contributed by atoms with Crippen LogP contribution in [-0.4, -0.2) is 16.0 Å². The number of nitrogens with one attached hydrogen (secondary N) is 1. The number of benzene rings is 1. The van der Waals surface area contributed by atoms with Crippen LogP contribution in [0.1, 0.15) is 56.3 Å². The van der Waals surface area contributed by atoms with Gasteiger partial charge < -0.3 is 9.84 Å². The van der Waals surface area contributed by atoms with Gasteiger partial charge in [0.25, 0.3) is 5.89 Å². The van der Waals surface area contributed by atoms with Crippen molar-refractivity contribution >= 4 is 12.0 Å². The number of aromatic nitrogens is 2. The fraction of sp³-hybridized carbons (Fsp3) is 0.421. The number of carbonyl (C=O) groups excluding carboxylic acids is 1. The Morgan fingerprint density at radius 3 is 2.67 bits per heavy atom. The topological polar surface area (TPSA) is 68.0 Å². The molecule has 126 valence electrons. The average molecular weight is 325 g/mol. The van der Waals surface area contributed by atoms with E-state index in [1.807, 2.05) is 43.3 Å². The maximum absolute atomic E-state index is 12.5. The van der Waals surface area contributed by atoms with Crippen LogP contribution < -0.4 is 5.32 Å². The number of hydrogen-bond acceptors (Lipinski definition) is 4. The molecule has 3 rings (SSSR count). The molecule has 0 unspecified atom stereocenters. The Kier molecular flexibility index (Phi) is 5.08. The van der Waals surface area contributed by atoms with Crippen molar-refractivity contribution in [2.24, 2.45) is 0 Å². The SMILES string of the molecule is CCc1noc(C2(NC(=O)/C=C/c3ccccc3)CCCCC2)n1. The van der Waals surface area contributed by atoms with Crippen LogP contribution in [0.5, 0.6) is 0 Å². The monoisotopic (exact) mass is 325 g/mol. The van der Waals surface area contributed by atoms with Gasteiger partial charge in [0.2, 0.25) is 5.91 Å². The summed E-state index contributed by atoms with van der Waals surface area (Å²) >= 11 is 0. The van der Waals surface area contributed by atoms with Crippen molar-refractivity contribution in [2.45, 2.75) is 51.0 Å². The van der Waals surface area contributed by atoms with E-state index in [2.05, 4.69) is 15.5 Å². The van der Waals surface area contributed by atoms with Gasteiger partial charge in [0.05, 0.1) is 0 Å². The van der Waals surface area contributed by atoms with E-state index in [9.17, 15) is 4.79 Å². The zero-order valence-corrected chi connectivity index (χ0v) is 14.0. The largest absolute Gasteiger partial charge is 0.338 e. The highest BCUT2D eigenvalue weighted by atomic mass is 16.5. The fourth-order valence-corrected chi connectivity index (χ4v) is 3.15. The molecule has 2 aromatic rings. The van der Waals surface area contributed by atoms with Crippen molar-refractivity contribution in [3.05, 3.63) is 53.7 Å². The lowest BCUT2D eigenvalue weighted by molar-refractivity contribution is -0.119. The van der Waals surface area contributed by atoms with E-state index in [0.717, 1.165) is 37.7 Å². The number of rotatable bonds is 5. The molecule has 5 nitrogen and oxygen atoms in total. The van der Waals surface area contributed by atoms with Crippen LogP contribution in [0.4, 0.5) is 0 Å². The van der Waals surface area contributed by atoms with Crippen molar-refractivity contribution in [1.29, 1.82) is 0 Å². The second kappa shape index (κ2) is 7.43. The van der Waals surface area contributed by atoms with Gasteiger partial charge in [-0.3, -0.25) is 4.79 Å². The number of carbonyl (C=O) groups is 1. The summed E-state index contributed by atoms with van der Waals surface area (Å²) < 4.78 is 5.46. The third-order valence-electron chi connectivity index (χ3n) is 4.49. The number of amides is 1. The summed E-state index contributed by atoms with van der Waals surface area (Å²) in [6, 6.07) is 9.78. The van der Waals surface area contributed by atoms with Gasteiger partial charge in [-0.25, -0.2) is 0 Å². The highest BCUT2D eigenvalue weighted by Gasteiger charge is 2.40. The van der Waals surface area contributed by atoms with Crippen LogP contribution in [0.15, 0.2) is 40.9 Å². The Labute approximate surface area is 142 Å². The molecular formula is C19H23N3O2. The predicted octanol–water partition coefficient (Wildman–Crippen LogP) is 3.62. The first kappa shape index (κ1) is 16.4. The normalized spacial score (nSPS) is 17.0. The van der Waals surface area contributed by atoms with Gasteiger partial charge in [-0.2, -0.15) is 4.98 Å². The first-order valence-corrected chi connectivity index (χ1v) is 8.60. The Morgan fingerprint density at radius 1 is 1.25 bits per heavy atom. The highest BCUT2D eigenvalue weighted by Crippen LogP contribution is 2.36. The number of hydrogen-bond donors (Lipinski definition) is 1. The second-order valence-electron chi connectivity index (χ2n) is 6.25. The average Bonchev–Trinajstić information content (AvgIpc) is 3.12. The van der Waals surface area contributed by atoms with E-state index in [1.54, 1.807) is 6.08 Å². The van der Waals surface area contributed by atoms with Crippen molar-refractivity contribution in [3.8, 4) is 0 Å². The smallest absolute Gasteiger partial charge is 0.252 e. The molecular weight excluding hydrogens is 302 g/mol. The fourth-order valence-electron chi connectivity index (χ4n) is 3.15. The molecule has 5 heteroatoms. The van der Waals surface area contributed by atoms with Crippen LogP contribution in [0.25, 0.3) is 6.08 Å². The van der Waals surface area contributed by atoms with E-state index >= 15 is 0 Å². The Balaban J connectivity index is 1.76. The van der Waals surface area contributed by atoms with E-state index in [-0.39, 0.29) is 5.91 Å². The molecule has 1 fully saturated rings. The summed E-state index contributed by atoms with van der Waals surface area (Å²) in [5.74, 6) is 1.10. The lowest BCUT2D eigenvalue weighted by Gasteiger charge is -2.34. The van der Waals surface area contributed by atoms with Crippen LogP contribution in [0.2, 0.25) is 0 Å². The maximum atomic E-state index is 12.5. The van der Waals surface area contributed by atoms with Gasteiger partial charge in [0.15, 0.2) is 5.82 Å². The van der Waals surface area contributed by atoms with Crippen LogP contribution >= 0.6 is 0 Å². The molecule has 1 N–H and O–H groups in total. The van der Waals surface area contributed by atoms with E-state index in [4.69, 9.17) is 4.52 Å². The third kappa shape index (κ3) is 3.72. The quantitative estimate of drug-likeness (QED) is 0.853. The molecule has 1 saturated carbocycles. The number of nitrogens with zero attached hydrogens (tertiary/aromatic N) is 2. The Hall–Kier alpha value is -2.43. The predicted molar refractivity (Wildman–Crippen MR) is 92.1 cm³/mol. The van der Waals surface area contributed by atoms with Gasteiger partial charge in [0, 0.05) is 12.5 Å². The minimum atomic E-state index is -0.531. The molecule has 24 heavy (non-hydrogen) atoms.